The number of rotatable bonds is 7. The highest BCUT2D eigenvalue weighted by Crippen LogP contribution is 2.41. The lowest BCUT2D eigenvalue weighted by atomic mass is 9.90. The summed E-state index contributed by atoms with van der Waals surface area (Å²) in [6, 6.07) is 15.7. The van der Waals surface area contributed by atoms with Crippen LogP contribution in [0.15, 0.2) is 54.7 Å². The number of nitrogens with zero attached hydrogens (tertiary/aromatic N) is 4. The van der Waals surface area contributed by atoms with Crippen LogP contribution in [0.25, 0.3) is 22.8 Å². The van der Waals surface area contributed by atoms with Gasteiger partial charge >= 0.3 is 6.18 Å². The van der Waals surface area contributed by atoms with Gasteiger partial charge in [-0.3, -0.25) is 0 Å². The molecule has 8 heteroatoms. The third-order valence-corrected chi connectivity index (χ3v) is 7.72. The van der Waals surface area contributed by atoms with Gasteiger partial charge < -0.3 is 9.88 Å². The second-order valence-corrected chi connectivity index (χ2v) is 11.8. The molecule has 0 amide bonds. The highest BCUT2D eigenvalue weighted by molar-refractivity contribution is 5.66. The normalized spacial score (nSPS) is 14.7. The molecular weight excluding hydrogens is 511 g/mol. The Morgan fingerprint density at radius 1 is 0.950 bits per heavy atom. The Kier molecular flexibility index (Phi) is 7.23. The fourth-order valence-corrected chi connectivity index (χ4v) is 5.40. The van der Waals surface area contributed by atoms with Gasteiger partial charge in [-0.25, -0.2) is 15.0 Å². The molecule has 0 bridgehead atoms. The number of benzene rings is 2. The molecule has 2 aromatic heterocycles. The molecule has 0 unspecified atom stereocenters. The van der Waals surface area contributed by atoms with Crippen molar-refractivity contribution in [2.24, 2.45) is 0 Å². The zero-order valence-corrected chi connectivity index (χ0v) is 23.9. The van der Waals surface area contributed by atoms with E-state index in [1.54, 1.807) is 4.57 Å². The van der Waals surface area contributed by atoms with Crippen LogP contribution in [-0.4, -0.2) is 19.5 Å². The topological polar surface area (TPSA) is 55.6 Å². The second kappa shape index (κ2) is 10.4. The molecule has 0 fully saturated rings. The third kappa shape index (κ3) is 5.36. The number of hydrogen-bond donors (Lipinski definition) is 1. The summed E-state index contributed by atoms with van der Waals surface area (Å²) in [4.78, 5) is 14.0. The van der Waals surface area contributed by atoms with Crippen LogP contribution in [0.1, 0.15) is 88.0 Å². The van der Waals surface area contributed by atoms with Crippen molar-refractivity contribution in [3.8, 4) is 22.8 Å². The van der Waals surface area contributed by atoms with Crippen molar-refractivity contribution in [2.75, 3.05) is 5.32 Å². The van der Waals surface area contributed by atoms with Gasteiger partial charge in [-0.05, 0) is 43.7 Å². The van der Waals surface area contributed by atoms with Gasteiger partial charge in [-0.2, -0.15) is 13.2 Å². The van der Waals surface area contributed by atoms with Crippen LogP contribution in [0.2, 0.25) is 0 Å². The minimum atomic E-state index is -4.49. The molecule has 4 aromatic rings. The van der Waals surface area contributed by atoms with Crippen molar-refractivity contribution >= 4 is 5.82 Å². The van der Waals surface area contributed by atoms with Gasteiger partial charge in [0, 0.05) is 40.9 Å². The minimum absolute atomic E-state index is 0.0362. The molecule has 1 aliphatic rings. The van der Waals surface area contributed by atoms with E-state index in [0.29, 0.717) is 23.9 Å². The number of hydrogen-bond acceptors (Lipinski definition) is 4. The van der Waals surface area contributed by atoms with Crippen molar-refractivity contribution in [1.29, 1.82) is 0 Å². The maximum atomic E-state index is 13.3. The number of fused-ring (bicyclic) bond motifs is 1. The van der Waals surface area contributed by atoms with E-state index in [9.17, 15) is 13.2 Å². The lowest BCUT2D eigenvalue weighted by Crippen LogP contribution is -2.16. The first-order valence-electron chi connectivity index (χ1n) is 13.8. The monoisotopic (exact) mass is 547 g/mol. The van der Waals surface area contributed by atoms with E-state index in [0.717, 1.165) is 53.1 Å². The van der Waals surface area contributed by atoms with E-state index >= 15 is 0 Å². The zero-order valence-electron chi connectivity index (χ0n) is 23.9. The summed E-state index contributed by atoms with van der Waals surface area (Å²) < 4.78 is 41.6. The van der Waals surface area contributed by atoms with E-state index in [4.69, 9.17) is 9.97 Å². The van der Waals surface area contributed by atoms with Gasteiger partial charge in [0.1, 0.15) is 11.6 Å². The molecule has 5 rings (SSSR count). The van der Waals surface area contributed by atoms with Gasteiger partial charge in [-0.1, -0.05) is 76.2 Å². The maximum absolute atomic E-state index is 13.3. The first-order chi connectivity index (χ1) is 18.8. The summed E-state index contributed by atoms with van der Waals surface area (Å²) in [5.74, 6) is 2.23. The number of aromatic nitrogens is 4. The Labute approximate surface area is 233 Å². The molecule has 0 aliphatic heterocycles. The Bertz CT molecular complexity index is 1510. The van der Waals surface area contributed by atoms with E-state index in [1.807, 2.05) is 44.2 Å². The Morgan fingerprint density at radius 2 is 1.65 bits per heavy atom. The predicted molar refractivity (Wildman–Crippen MR) is 153 cm³/mol. The highest BCUT2D eigenvalue weighted by atomic mass is 19.4. The van der Waals surface area contributed by atoms with Gasteiger partial charge in [0.15, 0.2) is 11.5 Å². The van der Waals surface area contributed by atoms with Gasteiger partial charge in [0.25, 0.3) is 0 Å². The lowest BCUT2D eigenvalue weighted by molar-refractivity contribution is -0.140. The van der Waals surface area contributed by atoms with Crippen LogP contribution in [0, 0.1) is 0 Å². The highest BCUT2D eigenvalue weighted by Gasteiger charge is 2.36. The molecule has 1 aliphatic carbocycles. The molecule has 210 valence electrons. The maximum Gasteiger partial charge on any atom is 0.434 e. The van der Waals surface area contributed by atoms with Crippen LogP contribution in [0.5, 0.6) is 0 Å². The summed E-state index contributed by atoms with van der Waals surface area (Å²) in [5.41, 5.74) is 5.24. The van der Waals surface area contributed by atoms with Crippen LogP contribution < -0.4 is 5.32 Å². The Hall–Kier alpha value is -3.68. The molecule has 5 nitrogen and oxygen atoms in total. The van der Waals surface area contributed by atoms with Crippen molar-refractivity contribution < 1.29 is 13.2 Å². The summed E-state index contributed by atoms with van der Waals surface area (Å²) in [6.07, 6.45) is -1.48. The largest absolute Gasteiger partial charge is 0.434 e. The number of anilines is 1. The first-order valence-corrected chi connectivity index (χ1v) is 13.8. The average molecular weight is 548 g/mol. The molecular formula is C32H36F3N5. The minimum Gasteiger partial charge on any atom is -0.366 e. The predicted octanol–water partition coefficient (Wildman–Crippen LogP) is 8.57. The second-order valence-electron chi connectivity index (χ2n) is 11.8. The SMILES string of the molecule is CC(C)c1ccccc1-c1nc(NCc2ccc(-c3nc(C(F)(F)F)cn3C(C)C)cc2)c2c(n1)C(C)(C)CC2. The molecule has 2 aromatic carbocycles. The number of nitrogens with one attached hydrogen (secondary N) is 1. The van der Waals surface area contributed by atoms with Crippen LogP contribution >= 0.6 is 0 Å². The number of imidazole rings is 1. The van der Waals surface area contributed by atoms with E-state index in [2.05, 4.69) is 56.2 Å². The third-order valence-electron chi connectivity index (χ3n) is 7.72. The molecule has 0 radical (unpaired) electrons. The van der Waals surface area contributed by atoms with Crippen molar-refractivity contribution in [2.45, 2.75) is 84.5 Å². The summed E-state index contributed by atoms with van der Waals surface area (Å²) in [6.45, 7) is 13.0. The summed E-state index contributed by atoms with van der Waals surface area (Å²) >= 11 is 0. The molecule has 2 heterocycles. The quantitative estimate of drug-likeness (QED) is 0.252. The van der Waals surface area contributed by atoms with Crippen LogP contribution in [0.3, 0.4) is 0 Å². The number of halogens is 3. The van der Waals surface area contributed by atoms with Crippen molar-refractivity contribution in [3.05, 3.63) is 82.8 Å². The molecule has 0 spiro atoms. The van der Waals surface area contributed by atoms with Gasteiger partial charge in [-0.15, -0.1) is 0 Å². The van der Waals surface area contributed by atoms with Crippen molar-refractivity contribution in [1.82, 2.24) is 19.5 Å². The van der Waals surface area contributed by atoms with Crippen LogP contribution in [-0.2, 0) is 24.6 Å². The molecule has 1 N–H and O–H groups in total. The zero-order chi connectivity index (χ0) is 28.8. The molecule has 40 heavy (non-hydrogen) atoms. The van der Waals surface area contributed by atoms with E-state index in [1.165, 1.54) is 5.56 Å². The first kappa shape index (κ1) is 27.9. The van der Waals surface area contributed by atoms with Crippen LogP contribution in [0.4, 0.5) is 19.0 Å². The standard InChI is InChI=1S/C32H36F3N5/c1-19(2)23-9-7-8-10-24(23)29-38-27-25(15-16-31(27,5)6)28(39-29)36-17-21-11-13-22(14-12-21)30-37-26(32(33,34)35)18-40(30)20(3)4/h7-14,18-20H,15-17H2,1-6H3,(H,36,38,39). The van der Waals surface area contributed by atoms with E-state index in [-0.39, 0.29) is 11.5 Å². The molecule has 0 atom stereocenters. The van der Waals surface area contributed by atoms with Gasteiger partial charge in [0.05, 0.1) is 5.69 Å². The lowest BCUT2D eigenvalue weighted by Gasteiger charge is -2.20. The molecule has 0 saturated heterocycles. The smallest absolute Gasteiger partial charge is 0.366 e. The van der Waals surface area contributed by atoms with E-state index < -0.39 is 11.9 Å². The summed E-state index contributed by atoms with van der Waals surface area (Å²) in [5, 5.41) is 3.55. The Balaban J connectivity index is 1.44. The fourth-order valence-electron chi connectivity index (χ4n) is 5.40. The Morgan fingerprint density at radius 3 is 2.30 bits per heavy atom. The summed E-state index contributed by atoms with van der Waals surface area (Å²) in [7, 11) is 0. The molecule has 0 saturated carbocycles. The number of alkyl halides is 3. The van der Waals surface area contributed by atoms with Crippen molar-refractivity contribution in [3.63, 3.8) is 0 Å². The average Bonchev–Trinajstić information content (AvgIpc) is 3.50. The fraction of sp³-hybridized carbons (Fsp3) is 0.406. The van der Waals surface area contributed by atoms with Gasteiger partial charge in [0.2, 0.25) is 0 Å².